The van der Waals surface area contributed by atoms with Crippen molar-refractivity contribution in [2.24, 2.45) is 0 Å². The van der Waals surface area contributed by atoms with Crippen molar-refractivity contribution in [1.29, 1.82) is 0 Å². The van der Waals surface area contributed by atoms with E-state index < -0.39 is 0 Å². The van der Waals surface area contributed by atoms with Gasteiger partial charge in [-0.25, -0.2) is 0 Å². The number of aldehydes is 1. The zero-order valence-corrected chi connectivity index (χ0v) is 27.4. The largest absolute Gasteiger partial charge is 0.507 e. The first-order chi connectivity index (χ1) is 21.2. The number of rotatable bonds is 7. The number of benzene rings is 4. The Morgan fingerprint density at radius 1 is 0.600 bits per heavy atom. The molecule has 236 valence electrons. The number of hydrogen-bond acceptors (Lipinski definition) is 7. The maximum Gasteiger partial charge on any atom is 0.185 e. The summed E-state index contributed by atoms with van der Waals surface area (Å²) in [6.07, 6.45) is 4.09. The van der Waals surface area contributed by atoms with E-state index in [4.69, 9.17) is 9.47 Å². The lowest BCUT2D eigenvalue weighted by molar-refractivity contribution is 0.101. The number of aromatic hydroxyl groups is 2. The third kappa shape index (κ3) is 10.2. The molecule has 45 heavy (non-hydrogen) atoms. The van der Waals surface area contributed by atoms with Gasteiger partial charge in [0.25, 0.3) is 0 Å². The molecule has 0 aromatic heterocycles. The average molecular weight is 611 g/mol. The highest BCUT2D eigenvalue weighted by Gasteiger charge is 2.07. The molecule has 0 bridgehead atoms. The molecule has 0 aliphatic rings. The van der Waals surface area contributed by atoms with Crippen LogP contribution in [0.2, 0.25) is 0 Å². The van der Waals surface area contributed by atoms with Gasteiger partial charge >= 0.3 is 0 Å². The van der Waals surface area contributed by atoms with Crippen LogP contribution in [0.15, 0.2) is 66.7 Å². The molecule has 7 heteroatoms. The molecule has 4 rings (SSSR count). The summed E-state index contributed by atoms with van der Waals surface area (Å²) in [5.41, 5.74) is 7.86. The van der Waals surface area contributed by atoms with Crippen molar-refractivity contribution in [3.8, 4) is 23.0 Å². The summed E-state index contributed by atoms with van der Waals surface area (Å²) in [5.74, 6) is 2.19. The molecule has 7 nitrogen and oxygen atoms in total. The minimum atomic E-state index is -0.0610. The molecule has 4 aromatic rings. The normalized spacial score (nSPS) is 10.2. The van der Waals surface area contributed by atoms with Crippen LogP contribution in [0.5, 0.6) is 23.0 Å². The molecule has 0 aliphatic carbocycles. The Morgan fingerprint density at radius 2 is 1.00 bits per heavy atom. The Labute approximate surface area is 265 Å². The summed E-state index contributed by atoms with van der Waals surface area (Å²) >= 11 is 0. The zero-order valence-electron chi connectivity index (χ0n) is 27.4. The van der Waals surface area contributed by atoms with Crippen LogP contribution in [0.25, 0.3) is 6.08 Å². The van der Waals surface area contributed by atoms with Gasteiger partial charge in [0.15, 0.2) is 11.6 Å². The third-order valence-electron chi connectivity index (χ3n) is 7.07. The van der Waals surface area contributed by atoms with E-state index in [1.54, 1.807) is 77.5 Å². The van der Waals surface area contributed by atoms with Crippen LogP contribution in [0.3, 0.4) is 0 Å². The number of aryl methyl sites for hydroxylation is 6. The average Bonchev–Trinajstić information content (AvgIpc) is 3.01. The lowest BCUT2D eigenvalue weighted by atomic mass is 10.0. The third-order valence-corrected chi connectivity index (χ3v) is 7.07. The number of Topliss-reactive ketones (excluding diaryl/α,β-unsaturated/α-hetero) is 1. The van der Waals surface area contributed by atoms with Gasteiger partial charge in [-0.2, -0.15) is 0 Å². The number of ketones is 2. The standard InChI is InChI=1S/C19H20O3.C10H12O2.C9H10O2/c1-12-11-16(6-8-18(12)22-4)17(20)7-5-15-9-13(2)19(21)14(3)10-15;1-7-6-9(8(2)11)4-5-10(7)12-3;1-6-3-8(5-10)4-7(2)9(6)11/h5-11,21H,1-4H3;4-6H,1-3H3;3-5,11H,1-2H3/b7-5+;;. The van der Waals surface area contributed by atoms with Gasteiger partial charge in [-0.3, -0.25) is 14.4 Å². The highest BCUT2D eigenvalue weighted by molar-refractivity contribution is 6.07. The first-order valence-electron chi connectivity index (χ1n) is 14.3. The first kappa shape index (κ1) is 36.0. The smallest absolute Gasteiger partial charge is 0.185 e. The van der Waals surface area contributed by atoms with E-state index >= 15 is 0 Å². The van der Waals surface area contributed by atoms with Gasteiger partial charge in [0.2, 0.25) is 0 Å². The summed E-state index contributed by atoms with van der Waals surface area (Å²) in [6, 6.07) is 17.8. The van der Waals surface area contributed by atoms with Crippen molar-refractivity contribution in [2.45, 2.75) is 48.5 Å². The van der Waals surface area contributed by atoms with E-state index in [-0.39, 0.29) is 17.3 Å². The molecule has 0 aliphatic heterocycles. The molecule has 0 saturated heterocycles. The van der Waals surface area contributed by atoms with Gasteiger partial charge in [0.05, 0.1) is 14.2 Å². The summed E-state index contributed by atoms with van der Waals surface area (Å²) in [5, 5.41) is 19.1. The molecule has 2 N–H and O–H groups in total. The van der Waals surface area contributed by atoms with Crippen molar-refractivity contribution in [2.75, 3.05) is 14.2 Å². The van der Waals surface area contributed by atoms with Crippen molar-refractivity contribution in [1.82, 2.24) is 0 Å². The van der Waals surface area contributed by atoms with Crippen molar-refractivity contribution in [3.05, 3.63) is 122 Å². The SMILES string of the molecule is COc1ccc(C(=O)/C=C/c2cc(C)c(O)c(C)c2)cc1C.COc1ccc(C(C)=O)cc1C.Cc1cc(C=O)cc(C)c1O. The molecule has 0 heterocycles. The van der Waals surface area contributed by atoms with Gasteiger partial charge < -0.3 is 19.7 Å². The van der Waals surface area contributed by atoms with E-state index in [0.29, 0.717) is 16.9 Å². The number of carbonyl (C=O) groups excluding carboxylic acids is 3. The second-order valence-corrected chi connectivity index (χ2v) is 10.7. The molecular formula is C38H42O7. The molecule has 0 radical (unpaired) electrons. The van der Waals surface area contributed by atoms with E-state index in [1.807, 2.05) is 58.0 Å². The Kier molecular flexibility index (Phi) is 13.3. The summed E-state index contributed by atoms with van der Waals surface area (Å²) in [7, 11) is 3.23. The number of methoxy groups -OCH3 is 2. The zero-order chi connectivity index (χ0) is 33.8. The second kappa shape index (κ2) is 16.6. The maximum absolute atomic E-state index is 12.2. The molecule has 0 spiro atoms. The Balaban J connectivity index is 0.000000259. The lowest BCUT2D eigenvalue weighted by Gasteiger charge is -2.06. The number of carbonyl (C=O) groups is 3. The van der Waals surface area contributed by atoms with Crippen LogP contribution in [0.4, 0.5) is 0 Å². The van der Waals surface area contributed by atoms with Gasteiger partial charge in [0.1, 0.15) is 29.3 Å². The van der Waals surface area contributed by atoms with Gasteiger partial charge in [-0.1, -0.05) is 6.08 Å². The summed E-state index contributed by atoms with van der Waals surface area (Å²) in [6.45, 7) is 12.6. The summed E-state index contributed by atoms with van der Waals surface area (Å²) < 4.78 is 10.3. The monoisotopic (exact) mass is 610 g/mol. The van der Waals surface area contributed by atoms with Gasteiger partial charge in [-0.05, 0) is 154 Å². The number of hydrogen-bond donors (Lipinski definition) is 2. The lowest BCUT2D eigenvalue weighted by Crippen LogP contribution is -1.96. The second-order valence-electron chi connectivity index (χ2n) is 10.7. The molecule has 0 amide bonds. The number of phenols is 2. The number of ether oxygens (including phenoxy) is 2. The van der Waals surface area contributed by atoms with Crippen LogP contribution in [0.1, 0.15) is 76.9 Å². The van der Waals surface area contributed by atoms with Crippen LogP contribution < -0.4 is 9.47 Å². The fourth-order valence-corrected chi connectivity index (χ4v) is 4.54. The highest BCUT2D eigenvalue weighted by Crippen LogP contribution is 2.25. The quantitative estimate of drug-likeness (QED) is 0.123. The Morgan fingerprint density at radius 3 is 1.38 bits per heavy atom. The van der Waals surface area contributed by atoms with E-state index in [1.165, 1.54) is 0 Å². The Bertz CT molecular complexity index is 1670. The maximum atomic E-state index is 12.2. The van der Waals surface area contributed by atoms with Crippen LogP contribution >= 0.6 is 0 Å². The fourth-order valence-electron chi connectivity index (χ4n) is 4.54. The molecule has 0 saturated carbocycles. The van der Waals surface area contributed by atoms with E-state index in [9.17, 15) is 24.6 Å². The predicted octanol–water partition coefficient (Wildman–Crippen LogP) is 8.25. The highest BCUT2D eigenvalue weighted by atomic mass is 16.5. The first-order valence-corrected chi connectivity index (χ1v) is 14.3. The van der Waals surface area contributed by atoms with Crippen LogP contribution in [-0.2, 0) is 0 Å². The molecule has 0 unspecified atom stereocenters. The van der Waals surface area contributed by atoms with Crippen molar-refractivity contribution < 1.29 is 34.1 Å². The number of phenolic OH excluding ortho intramolecular Hbond substituents is 2. The van der Waals surface area contributed by atoms with E-state index in [0.717, 1.165) is 62.3 Å². The molecule has 4 aromatic carbocycles. The Hall–Kier alpha value is -5.17. The van der Waals surface area contributed by atoms with E-state index in [2.05, 4.69) is 0 Å². The van der Waals surface area contributed by atoms with Crippen molar-refractivity contribution >= 4 is 23.9 Å². The van der Waals surface area contributed by atoms with Crippen molar-refractivity contribution in [3.63, 3.8) is 0 Å². The predicted molar refractivity (Wildman–Crippen MR) is 179 cm³/mol. The van der Waals surface area contributed by atoms with Crippen LogP contribution in [0, 0.1) is 41.5 Å². The van der Waals surface area contributed by atoms with Gasteiger partial charge in [0, 0.05) is 16.7 Å². The fraction of sp³-hybridized carbons (Fsp3) is 0.237. The molecule has 0 fully saturated rings. The molecule has 0 atom stereocenters. The number of allylic oxidation sites excluding steroid dienone is 1. The topological polar surface area (TPSA) is 110 Å². The summed E-state index contributed by atoms with van der Waals surface area (Å²) in [4.78, 5) is 33.5. The van der Waals surface area contributed by atoms with Gasteiger partial charge in [-0.15, -0.1) is 0 Å². The minimum absolute atomic E-state index is 0.0610. The van der Waals surface area contributed by atoms with Crippen LogP contribution in [-0.4, -0.2) is 42.3 Å². The minimum Gasteiger partial charge on any atom is -0.507 e. The molecular weight excluding hydrogens is 568 g/mol.